The Kier molecular flexibility index (Phi) is 2.63. The van der Waals surface area contributed by atoms with E-state index in [1.54, 1.807) is 25.6 Å². The molecule has 17 heavy (non-hydrogen) atoms. The van der Waals surface area contributed by atoms with Gasteiger partial charge in [-0.3, -0.25) is 9.59 Å². The molecule has 0 amide bonds. The first-order chi connectivity index (χ1) is 8.02. The Morgan fingerprint density at radius 1 is 1.41 bits per heavy atom. The van der Waals surface area contributed by atoms with E-state index in [-0.39, 0.29) is 23.9 Å². The third-order valence-corrected chi connectivity index (χ3v) is 3.22. The van der Waals surface area contributed by atoms with Crippen LogP contribution >= 0.6 is 0 Å². The summed E-state index contributed by atoms with van der Waals surface area (Å²) in [5.74, 6) is -0.455. The monoisotopic (exact) mass is 234 g/mol. The maximum atomic E-state index is 12.1. The van der Waals surface area contributed by atoms with E-state index in [1.807, 2.05) is 0 Å². The smallest absolute Gasteiger partial charge is 0.211 e. The second-order valence-corrected chi connectivity index (χ2v) is 4.01. The van der Waals surface area contributed by atoms with Crippen molar-refractivity contribution < 1.29 is 14.7 Å². The van der Waals surface area contributed by atoms with Crippen molar-refractivity contribution in [3.63, 3.8) is 0 Å². The number of nitrogens with one attached hydrogen (secondary N) is 1. The fourth-order valence-electron chi connectivity index (χ4n) is 2.17. The zero-order valence-corrected chi connectivity index (χ0v) is 10.00. The standard InChI is InChI=1S/C12H14N2O3/c1-6-7(5-15)10-11(14(6)3)9(16)4-8(13-2)12(10)17/h4,13,15H,5H2,1-3H3. The summed E-state index contributed by atoms with van der Waals surface area (Å²) in [5.41, 5.74) is 2.22. The Balaban J connectivity index is 2.76. The number of likely N-dealkylation sites (N-methyl/N-ethyl adjacent to an activating group) is 1. The predicted octanol–water partition coefficient (Wildman–Crippen LogP) is 0.308. The molecular formula is C12H14N2O3. The number of fused-ring (bicyclic) bond motifs is 1. The van der Waals surface area contributed by atoms with Crippen LogP contribution in [0.5, 0.6) is 0 Å². The van der Waals surface area contributed by atoms with Gasteiger partial charge in [0.05, 0.1) is 17.9 Å². The number of ketones is 2. The summed E-state index contributed by atoms with van der Waals surface area (Å²) in [6, 6.07) is 0. The highest BCUT2D eigenvalue weighted by molar-refractivity contribution is 6.24. The minimum Gasteiger partial charge on any atom is -0.392 e. The maximum absolute atomic E-state index is 12.1. The second kappa shape index (κ2) is 3.85. The minimum atomic E-state index is -0.245. The molecule has 2 rings (SSSR count). The van der Waals surface area contributed by atoms with Crippen LogP contribution in [0.2, 0.25) is 0 Å². The Bertz CT molecular complexity index is 553. The highest BCUT2D eigenvalue weighted by Gasteiger charge is 2.32. The van der Waals surface area contributed by atoms with Crippen LogP contribution in [-0.2, 0) is 13.7 Å². The number of nitrogens with zero attached hydrogens (tertiary/aromatic N) is 1. The maximum Gasteiger partial charge on any atom is 0.211 e. The number of aliphatic hydroxyl groups excluding tert-OH is 1. The van der Waals surface area contributed by atoms with Gasteiger partial charge in [-0.2, -0.15) is 0 Å². The average molecular weight is 234 g/mol. The molecule has 1 aliphatic rings. The van der Waals surface area contributed by atoms with E-state index in [0.717, 1.165) is 5.69 Å². The minimum absolute atomic E-state index is 0.214. The van der Waals surface area contributed by atoms with Gasteiger partial charge in [0.1, 0.15) is 5.69 Å². The fraction of sp³-hybridized carbons (Fsp3) is 0.333. The number of aliphatic hydroxyl groups is 1. The van der Waals surface area contributed by atoms with Gasteiger partial charge in [0.2, 0.25) is 11.6 Å². The molecule has 5 heteroatoms. The Morgan fingerprint density at radius 3 is 2.59 bits per heavy atom. The SMILES string of the molecule is CNC1=CC(=O)c2c(c(CO)c(C)n2C)C1=O. The number of aromatic nitrogens is 1. The van der Waals surface area contributed by atoms with E-state index < -0.39 is 0 Å². The number of Topliss-reactive ketones (excluding diaryl/α,β-unsaturated/α-hetero) is 1. The summed E-state index contributed by atoms with van der Waals surface area (Å²) in [5, 5.41) is 12.0. The largest absolute Gasteiger partial charge is 0.392 e. The molecular weight excluding hydrogens is 220 g/mol. The average Bonchev–Trinajstić information content (AvgIpc) is 2.57. The number of rotatable bonds is 2. The molecule has 0 aliphatic heterocycles. The van der Waals surface area contributed by atoms with Crippen LogP contribution in [0.1, 0.15) is 32.1 Å². The first-order valence-electron chi connectivity index (χ1n) is 5.30. The van der Waals surface area contributed by atoms with Gasteiger partial charge in [-0.1, -0.05) is 0 Å². The first kappa shape index (κ1) is 11.6. The quantitative estimate of drug-likeness (QED) is 0.772. The van der Waals surface area contributed by atoms with Crippen molar-refractivity contribution in [2.75, 3.05) is 7.05 Å². The third-order valence-electron chi connectivity index (χ3n) is 3.22. The lowest BCUT2D eigenvalue weighted by Crippen LogP contribution is -2.25. The Morgan fingerprint density at radius 2 is 2.06 bits per heavy atom. The molecule has 0 bridgehead atoms. The Hall–Kier alpha value is -1.88. The molecule has 0 radical (unpaired) electrons. The second-order valence-electron chi connectivity index (χ2n) is 4.01. The van der Waals surface area contributed by atoms with Crippen molar-refractivity contribution in [1.29, 1.82) is 0 Å². The van der Waals surface area contributed by atoms with Crippen molar-refractivity contribution in [3.8, 4) is 0 Å². The summed E-state index contributed by atoms with van der Waals surface area (Å²) in [6.45, 7) is 1.54. The summed E-state index contributed by atoms with van der Waals surface area (Å²) in [4.78, 5) is 24.1. The molecule has 5 nitrogen and oxygen atoms in total. The summed E-state index contributed by atoms with van der Waals surface area (Å²) >= 11 is 0. The fourth-order valence-corrected chi connectivity index (χ4v) is 2.17. The van der Waals surface area contributed by atoms with Crippen LogP contribution in [0, 0.1) is 6.92 Å². The molecule has 1 heterocycles. The predicted molar refractivity (Wildman–Crippen MR) is 61.9 cm³/mol. The lowest BCUT2D eigenvalue weighted by Gasteiger charge is -2.13. The molecule has 0 saturated heterocycles. The lowest BCUT2D eigenvalue weighted by atomic mass is 9.95. The summed E-state index contributed by atoms with van der Waals surface area (Å²) in [7, 11) is 3.31. The molecule has 0 saturated carbocycles. The summed E-state index contributed by atoms with van der Waals surface area (Å²) < 4.78 is 1.66. The van der Waals surface area contributed by atoms with Crippen molar-refractivity contribution >= 4 is 11.6 Å². The highest BCUT2D eigenvalue weighted by Crippen LogP contribution is 2.28. The molecule has 90 valence electrons. The van der Waals surface area contributed by atoms with Crippen LogP contribution in [0.25, 0.3) is 0 Å². The summed E-state index contributed by atoms with van der Waals surface area (Å²) in [6.07, 6.45) is 1.30. The molecule has 2 N–H and O–H groups in total. The molecule has 1 aromatic rings. The van der Waals surface area contributed by atoms with Gasteiger partial charge < -0.3 is 15.0 Å². The number of hydrogen-bond donors (Lipinski definition) is 2. The van der Waals surface area contributed by atoms with E-state index in [2.05, 4.69) is 5.32 Å². The number of carbonyl (C=O) groups excluding carboxylic acids is 2. The van der Waals surface area contributed by atoms with Gasteiger partial charge in [0.15, 0.2) is 0 Å². The van der Waals surface area contributed by atoms with E-state index in [4.69, 9.17) is 0 Å². The third kappa shape index (κ3) is 1.43. The van der Waals surface area contributed by atoms with Crippen molar-refractivity contribution in [2.45, 2.75) is 13.5 Å². The van der Waals surface area contributed by atoms with Crippen LogP contribution in [-0.4, -0.2) is 28.3 Å². The zero-order valence-electron chi connectivity index (χ0n) is 10.00. The van der Waals surface area contributed by atoms with Gasteiger partial charge in [0.25, 0.3) is 0 Å². The van der Waals surface area contributed by atoms with E-state index in [9.17, 15) is 14.7 Å². The molecule has 1 aromatic heterocycles. The number of carbonyl (C=O) groups is 2. The lowest BCUT2D eigenvalue weighted by molar-refractivity contribution is 0.0973. The van der Waals surface area contributed by atoms with E-state index in [0.29, 0.717) is 16.8 Å². The van der Waals surface area contributed by atoms with E-state index >= 15 is 0 Å². The van der Waals surface area contributed by atoms with E-state index in [1.165, 1.54) is 6.08 Å². The molecule has 0 atom stereocenters. The van der Waals surface area contributed by atoms with Crippen LogP contribution in [0.15, 0.2) is 11.8 Å². The van der Waals surface area contributed by atoms with Crippen LogP contribution in [0.3, 0.4) is 0 Å². The molecule has 0 fully saturated rings. The molecule has 0 unspecified atom stereocenters. The van der Waals surface area contributed by atoms with Gasteiger partial charge in [0, 0.05) is 31.4 Å². The van der Waals surface area contributed by atoms with Crippen molar-refractivity contribution in [2.24, 2.45) is 7.05 Å². The topological polar surface area (TPSA) is 71.3 Å². The van der Waals surface area contributed by atoms with Gasteiger partial charge in [-0.25, -0.2) is 0 Å². The van der Waals surface area contributed by atoms with Crippen LogP contribution < -0.4 is 5.32 Å². The normalized spacial score (nSPS) is 14.7. The molecule has 0 spiro atoms. The van der Waals surface area contributed by atoms with Crippen molar-refractivity contribution in [1.82, 2.24) is 9.88 Å². The van der Waals surface area contributed by atoms with Gasteiger partial charge in [-0.15, -0.1) is 0 Å². The first-order valence-corrected chi connectivity index (χ1v) is 5.30. The zero-order chi connectivity index (χ0) is 12.7. The highest BCUT2D eigenvalue weighted by atomic mass is 16.3. The van der Waals surface area contributed by atoms with Gasteiger partial charge >= 0.3 is 0 Å². The Labute approximate surface area is 98.7 Å². The molecule has 0 aromatic carbocycles. The number of allylic oxidation sites excluding steroid dienone is 2. The van der Waals surface area contributed by atoms with Crippen molar-refractivity contribution in [3.05, 3.63) is 34.3 Å². The van der Waals surface area contributed by atoms with Crippen LogP contribution in [0.4, 0.5) is 0 Å². The van der Waals surface area contributed by atoms with Gasteiger partial charge in [-0.05, 0) is 6.92 Å². The molecule has 1 aliphatic carbocycles. The number of hydrogen-bond acceptors (Lipinski definition) is 4.